The molecule has 0 aromatic heterocycles. The van der Waals surface area contributed by atoms with Gasteiger partial charge in [0.1, 0.15) is 23.4 Å². The molecule has 0 fully saturated rings. The summed E-state index contributed by atoms with van der Waals surface area (Å²) in [5.74, 6) is -1.89. The van der Waals surface area contributed by atoms with E-state index in [0.29, 0.717) is 11.8 Å². The number of aldehydes is 1. The molecule has 1 aromatic carbocycles. The fraction of sp³-hybridized carbons (Fsp3) is 0.333. The summed E-state index contributed by atoms with van der Waals surface area (Å²) in [7, 11) is 1.30. The Kier molecular flexibility index (Phi) is 5.26. The summed E-state index contributed by atoms with van der Waals surface area (Å²) < 4.78 is 23.3. The van der Waals surface area contributed by atoms with Crippen molar-refractivity contribution in [3.63, 3.8) is 0 Å². The molecule has 0 saturated carbocycles. The van der Waals surface area contributed by atoms with E-state index in [0.717, 1.165) is 12.1 Å². The van der Waals surface area contributed by atoms with Crippen LogP contribution in [0.3, 0.4) is 0 Å². The van der Waals surface area contributed by atoms with Crippen molar-refractivity contribution in [1.29, 1.82) is 0 Å². The number of carboxylic acid groups (broad SMARTS) is 1. The fourth-order valence-electron chi connectivity index (χ4n) is 1.47. The zero-order valence-electron chi connectivity index (χ0n) is 9.81. The van der Waals surface area contributed by atoms with Crippen molar-refractivity contribution in [2.45, 2.75) is 13.0 Å². The van der Waals surface area contributed by atoms with E-state index in [-0.39, 0.29) is 30.9 Å². The summed E-state index contributed by atoms with van der Waals surface area (Å²) >= 11 is 0. The molecule has 6 heteroatoms. The third kappa shape index (κ3) is 3.53. The first kappa shape index (κ1) is 14.1. The lowest BCUT2D eigenvalue weighted by atomic mass is 10.1. The Morgan fingerprint density at radius 2 is 2.22 bits per heavy atom. The van der Waals surface area contributed by atoms with E-state index >= 15 is 0 Å². The number of rotatable bonds is 7. The van der Waals surface area contributed by atoms with Gasteiger partial charge in [-0.25, -0.2) is 9.18 Å². The lowest BCUT2D eigenvalue weighted by Gasteiger charge is -2.11. The molecule has 0 saturated heterocycles. The molecule has 98 valence electrons. The monoisotopic (exact) mass is 256 g/mol. The van der Waals surface area contributed by atoms with Crippen LogP contribution in [0.1, 0.15) is 22.3 Å². The Balaban J connectivity index is 2.94. The average molecular weight is 256 g/mol. The number of carboxylic acids is 1. The van der Waals surface area contributed by atoms with Crippen molar-refractivity contribution in [2.75, 3.05) is 13.7 Å². The smallest absolute Gasteiger partial charge is 0.339 e. The number of ether oxygens (including phenoxy) is 2. The zero-order chi connectivity index (χ0) is 13.5. The summed E-state index contributed by atoms with van der Waals surface area (Å²) in [4.78, 5) is 21.0. The second-order valence-electron chi connectivity index (χ2n) is 3.46. The number of aromatic carboxylic acids is 1. The van der Waals surface area contributed by atoms with Gasteiger partial charge in [0.2, 0.25) is 0 Å². The molecule has 0 heterocycles. The maximum atomic E-state index is 13.2. The molecule has 0 bridgehead atoms. The molecule has 0 atom stereocenters. The Bertz CT molecular complexity index is 444. The van der Waals surface area contributed by atoms with Gasteiger partial charge in [-0.15, -0.1) is 0 Å². The van der Waals surface area contributed by atoms with Crippen LogP contribution in [0.25, 0.3) is 0 Å². The highest BCUT2D eigenvalue weighted by atomic mass is 19.1. The van der Waals surface area contributed by atoms with Crippen molar-refractivity contribution in [2.24, 2.45) is 0 Å². The first-order valence-electron chi connectivity index (χ1n) is 5.21. The topological polar surface area (TPSA) is 72.8 Å². The summed E-state index contributed by atoms with van der Waals surface area (Å²) in [6.07, 6.45) is 0.926. The second kappa shape index (κ2) is 6.70. The number of methoxy groups -OCH3 is 1. The molecule has 0 aliphatic heterocycles. The van der Waals surface area contributed by atoms with E-state index in [1.807, 2.05) is 0 Å². The van der Waals surface area contributed by atoms with Gasteiger partial charge in [-0.3, -0.25) is 0 Å². The van der Waals surface area contributed by atoms with Gasteiger partial charge in [0.05, 0.1) is 20.3 Å². The van der Waals surface area contributed by atoms with Gasteiger partial charge in [-0.05, 0) is 12.1 Å². The van der Waals surface area contributed by atoms with Crippen molar-refractivity contribution < 1.29 is 28.6 Å². The minimum absolute atomic E-state index is 0.0188. The number of benzene rings is 1. The van der Waals surface area contributed by atoms with Crippen LogP contribution in [0.4, 0.5) is 4.39 Å². The zero-order valence-corrected chi connectivity index (χ0v) is 9.81. The largest absolute Gasteiger partial charge is 0.495 e. The van der Waals surface area contributed by atoms with Crippen molar-refractivity contribution in [3.05, 3.63) is 29.1 Å². The van der Waals surface area contributed by atoms with Crippen LogP contribution in [-0.2, 0) is 16.1 Å². The van der Waals surface area contributed by atoms with Gasteiger partial charge in [-0.1, -0.05) is 0 Å². The van der Waals surface area contributed by atoms with Crippen molar-refractivity contribution in [3.8, 4) is 5.75 Å². The molecule has 1 rings (SSSR count). The molecule has 1 aromatic rings. The Labute approximate surface area is 103 Å². The number of hydrogen-bond acceptors (Lipinski definition) is 4. The van der Waals surface area contributed by atoms with Crippen LogP contribution in [0.5, 0.6) is 5.75 Å². The van der Waals surface area contributed by atoms with Crippen LogP contribution in [0.15, 0.2) is 12.1 Å². The van der Waals surface area contributed by atoms with E-state index < -0.39 is 11.8 Å². The van der Waals surface area contributed by atoms with Crippen LogP contribution in [0, 0.1) is 5.82 Å². The van der Waals surface area contributed by atoms with E-state index in [1.165, 1.54) is 7.11 Å². The molecule has 0 aliphatic rings. The number of carbonyl (C=O) groups excluding carboxylic acids is 1. The Hall–Kier alpha value is -1.95. The van der Waals surface area contributed by atoms with Gasteiger partial charge in [0, 0.05) is 12.0 Å². The van der Waals surface area contributed by atoms with E-state index in [4.69, 9.17) is 14.6 Å². The number of halogens is 1. The van der Waals surface area contributed by atoms with Crippen molar-refractivity contribution in [1.82, 2.24) is 0 Å². The third-order valence-corrected chi connectivity index (χ3v) is 2.20. The summed E-state index contributed by atoms with van der Waals surface area (Å²) in [5.41, 5.74) is 0.0345. The first-order chi connectivity index (χ1) is 8.60. The first-order valence-corrected chi connectivity index (χ1v) is 5.21. The quantitative estimate of drug-likeness (QED) is 0.593. The summed E-state index contributed by atoms with van der Waals surface area (Å²) in [5, 5.41) is 8.92. The predicted molar refractivity (Wildman–Crippen MR) is 60.2 cm³/mol. The highest BCUT2D eigenvalue weighted by Crippen LogP contribution is 2.26. The fourth-order valence-corrected chi connectivity index (χ4v) is 1.47. The lowest BCUT2D eigenvalue weighted by Crippen LogP contribution is -2.06. The van der Waals surface area contributed by atoms with Crippen LogP contribution < -0.4 is 4.74 Å². The molecule has 1 N–H and O–H groups in total. The standard InChI is InChI=1S/C12H13FO5/c1-17-11-8(7-18-4-2-3-14)5-9(13)6-10(11)12(15)16/h3,5-6H,2,4,7H2,1H3,(H,15,16). The summed E-state index contributed by atoms with van der Waals surface area (Å²) in [6, 6.07) is 2.03. The van der Waals surface area contributed by atoms with Gasteiger partial charge < -0.3 is 19.4 Å². The lowest BCUT2D eigenvalue weighted by molar-refractivity contribution is -0.108. The molecule has 5 nitrogen and oxygen atoms in total. The van der Waals surface area contributed by atoms with Crippen molar-refractivity contribution >= 4 is 12.3 Å². The highest BCUT2D eigenvalue weighted by Gasteiger charge is 2.17. The molecule has 0 radical (unpaired) electrons. The van der Waals surface area contributed by atoms with Gasteiger partial charge in [-0.2, -0.15) is 0 Å². The van der Waals surface area contributed by atoms with Gasteiger partial charge >= 0.3 is 5.97 Å². The molecule has 0 spiro atoms. The SMILES string of the molecule is COc1c(COCCC=O)cc(F)cc1C(=O)O. The molecule has 18 heavy (non-hydrogen) atoms. The molecule has 0 aliphatic carbocycles. The number of carbonyl (C=O) groups is 2. The van der Waals surface area contributed by atoms with Crippen LogP contribution in [0.2, 0.25) is 0 Å². The highest BCUT2D eigenvalue weighted by molar-refractivity contribution is 5.91. The van der Waals surface area contributed by atoms with E-state index in [9.17, 15) is 14.0 Å². The molecular weight excluding hydrogens is 243 g/mol. The average Bonchev–Trinajstić information content (AvgIpc) is 2.33. The minimum atomic E-state index is -1.28. The van der Waals surface area contributed by atoms with E-state index in [1.54, 1.807) is 0 Å². The maximum absolute atomic E-state index is 13.2. The molecule has 0 amide bonds. The second-order valence-corrected chi connectivity index (χ2v) is 3.46. The Morgan fingerprint density at radius 1 is 1.50 bits per heavy atom. The van der Waals surface area contributed by atoms with Gasteiger partial charge in [0.15, 0.2) is 0 Å². The molecule has 0 unspecified atom stereocenters. The summed E-state index contributed by atoms with van der Waals surface area (Å²) in [6.45, 7) is 0.167. The van der Waals surface area contributed by atoms with Crippen LogP contribution >= 0.6 is 0 Å². The maximum Gasteiger partial charge on any atom is 0.339 e. The number of hydrogen-bond donors (Lipinski definition) is 1. The minimum Gasteiger partial charge on any atom is -0.495 e. The molecular formula is C12H13FO5. The third-order valence-electron chi connectivity index (χ3n) is 2.20. The normalized spacial score (nSPS) is 10.1. The predicted octanol–water partition coefficient (Wildman–Crippen LogP) is 1.64. The van der Waals surface area contributed by atoms with Gasteiger partial charge in [0.25, 0.3) is 0 Å². The van der Waals surface area contributed by atoms with Crippen LogP contribution in [-0.4, -0.2) is 31.1 Å². The van der Waals surface area contributed by atoms with E-state index in [2.05, 4.69) is 0 Å². The Morgan fingerprint density at radius 3 is 2.78 bits per heavy atom.